The van der Waals surface area contributed by atoms with E-state index in [1.165, 1.54) is 0 Å². The number of hydrogen-bond donors (Lipinski definition) is 2. The van der Waals surface area contributed by atoms with Crippen molar-refractivity contribution in [1.82, 2.24) is 9.03 Å². The highest BCUT2D eigenvalue weighted by atomic mass is 32.2. The number of rotatable bonds is 7. The van der Waals surface area contributed by atoms with Gasteiger partial charge in [0.2, 0.25) is 0 Å². The van der Waals surface area contributed by atoms with Gasteiger partial charge in [-0.3, -0.25) is 0 Å². The zero-order valence-electron chi connectivity index (χ0n) is 12.4. The molecule has 0 saturated carbocycles. The molecule has 0 aromatic rings. The highest BCUT2D eigenvalue weighted by molar-refractivity contribution is 7.87. The summed E-state index contributed by atoms with van der Waals surface area (Å²) in [4.78, 5) is 0. The number of aliphatic hydroxyl groups excluding tert-OH is 1. The van der Waals surface area contributed by atoms with Crippen LogP contribution in [0.1, 0.15) is 46.5 Å². The first-order valence-electron chi connectivity index (χ1n) is 7.12. The van der Waals surface area contributed by atoms with E-state index in [4.69, 9.17) is 5.11 Å². The third-order valence-corrected chi connectivity index (χ3v) is 5.28. The molecule has 0 bridgehead atoms. The van der Waals surface area contributed by atoms with Crippen molar-refractivity contribution < 1.29 is 13.5 Å². The topological polar surface area (TPSA) is 69.6 Å². The van der Waals surface area contributed by atoms with Gasteiger partial charge in [0.05, 0.1) is 0 Å². The minimum atomic E-state index is -3.32. The van der Waals surface area contributed by atoms with Gasteiger partial charge in [0.15, 0.2) is 0 Å². The first kappa shape index (κ1) is 16.9. The molecule has 0 aliphatic carbocycles. The molecule has 0 aromatic heterocycles. The summed E-state index contributed by atoms with van der Waals surface area (Å²) in [7, 11) is -3.32. The van der Waals surface area contributed by atoms with Crippen molar-refractivity contribution in [3.8, 4) is 0 Å². The maximum Gasteiger partial charge on any atom is 0.279 e. The fourth-order valence-electron chi connectivity index (χ4n) is 2.30. The smallest absolute Gasteiger partial charge is 0.279 e. The molecular formula is C13H28N2O3S. The average molecular weight is 292 g/mol. The maximum absolute atomic E-state index is 12.1. The number of piperidine rings is 1. The van der Waals surface area contributed by atoms with E-state index in [0.29, 0.717) is 25.6 Å². The molecule has 2 N–H and O–H groups in total. The van der Waals surface area contributed by atoms with Crippen LogP contribution >= 0.6 is 0 Å². The molecule has 0 spiro atoms. The first-order chi connectivity index (χ1) is 8.77. The molecule has 5 nitrogen and oxygen atoms in total. The van der Waals surface area contributed by atoms with E-state index >= 15 is 0 Å². The highest BCUT2D eigenvalue weighted by Crippen LogP contribution is 2.21. The molecule has 1 aliphatic rings. The summed E-state index contributed by atoms with van der Waals surface area (Å²) < 4.78 is 28.4. The Morgan fingerprint density at radius 3 is 2.68 bits per heavy atom. The van der Waals surface area contributed by atoms with Crippen LogP contribution in [-0.2, 0) is 10.2 Å². The van der Waals surface area contributed by atoms with Gasteiger partial charge < -0.3 is 5.11 Å². The third kappa shape index (κ3) is 5.77. The molecule has 6 heteroatoms. The van der Waals surface area contributed by atoms with E-state index in [0.717, 1.165) is 25.7 Å². The Labute approximate surface area is 117 Å². The molecule has 1 fully saturated rings. The van der Waals surface area contributed by atoms with Gasteiger partial charge in [0.1, 0.15) is 0 Å². The molecule has 1 unspecified atom stereocenters. The first-order valence-corrected chi connectivity index (χ1v) is 8.56. The molecule has 1 aliphatic heterocycles. The fraction of sp³-hybridized carbons (Fsp3) is 1.00. The zero-order valence-corrected chi connectivity index (χ0v) is 13.2. The molecule has 1 saturated heterocycles. The van der Waals surface area contributed by atoms with E-state index in [-0.39, 0.29) is 12.0 Å². The van der Waals surface area contributed by atoms with Crippen LogP contribution in [0.5, 0.6) is 0 Å². The number of nitrogens with zero attached hydrogens (tertiary/aromatic N) is 1. The van der Waals surface area contributed by atoms with Gasteiger partial charge in [-0.2, -0.15) is 12.7 Å². The largest absolute Gasteiger partial charge is 0.396 e. The Kier molecular flexibility index (Phi) is 6.23. The molecule has 0 radical (unpaired) electrons. The standard InChI is InChI=1S/C13H28N2O3S/c1-12-6-4-9-15(10-12)19(17,18)14-8-5-7-13(2,3)11-16/h12,14,16H,4-11H2,1-3H3. The summed E-state index contributed by atoms with van der Waals surface area (Å²) in [5, 5.41) is 9.14. The lowest BCUT2D eigenvalue weighted by Crippen LogP contribution is -2.45. The lowest BCUT2D eigenvalue weighted by Gasteiger charge is -2.30. The normalized spacial score (nSPS) is 22.6. The number of nitrogens with one attached hydrogen (secondary N) is 1. The second kappa shape index (κ2) is 7.02. The maximum atomic E-state index is 12.1. The fourth-order valence-corrected chi connectivity index (χ4v) is 3.71. The van der Waals surface area contributed by atoms with Crippen molar-refractivity contribution in [2.24, 2.45) is 11.3 Å². The second-order valence-electron chi connectivity index (χ2n) is 6.43. The number of hydrogen-bond acceptors (Lipinski definition) is 3. The van der Waals surface area contributed by atoms with E-state index in [1.54, 1.807) is 4.31 Å². The van der Waals surface area contributed by atoms with E-state index in [2.05, 4.69) is 11.6 Å². The van der Waals surface area contributed by atoms with Crippen molar-refractivity contribution in [2.45, 2.75) is 46.5 Å². The van der Waals surface area contributed by atoms with Gasteiger partial charge in [-0.15, -0.1) is 0 Å². The van der Waals surface area contributed by atoms with Gasteiger partial charge >= 0.3 is 0 Å². The average Bonchev–Trinajstić information content (AvgIpc) is 2.35. The van der Waals surface area contributed by atoms with Crippen LogP contribution in [0.2, 0.25) is 0 Å². The summed E-state index contributed by atoms with van der Waals surface area (Å²) >= 11 is 0. The Morgan fingerprint density at radius 2 is 2.11 bits per heavy atom. The van der Waals surface area contributed by atoms with Crippen LogP contribution in [0.4, 0.5) is 0 Å². The lowest BCUT2D eigenvalue weighted by molar-refractivity contribution is 0.148. The van der Waals surface area contributed by atoms with Gasteiger partial charge in [-0.05, 0) is 37.0 Å². The quantitative estimate of drug-likeness (QED) is 0.696. The van der Waals surface area contributed by atoms with E-state index in [9.17, 15) is 8.42 Å². The van der Waals surface area contributed by atoms with Gasteiger partial charge in [-0.1, -0.05) is 20.8 Å². The Bertz CT molecular complexity index is 368. The summed E-state index contributed by atoms with van der Waals surface area (Å²) in [5.41, 5.74) is -0.134. The Hall–Kier alpha value is -0.170. The van der Waals surface area contributed by atoms with Crippen molar-refractivity contribution in [3.05, 3.63) is 0 Å². The third-order valence-electron chi connectivity index (χ3n) is 3.70. The van der Waals surface area contributed by atoms with Crippen molar-refractivity contribution in [1.29, 1.82) is 0 Å². The molecule has 0 amide bonds. The molecule has 0 aromatic carbocycles. The van der Waals surface area contributed by atoms with Crippen molar-refractivity contribution in [3.63, 3.8) is 0 Å². The summed E-state index contributed by atoms with van der Waals surface area (Å²) in [6.45, 7) is 7.87. The zero-order chi connectivity index (χ0) is 14.5. The SMILES string of the molecule is CC1CCCN(S(=O)(=O)NCCCC(C)(C)CO)C1. The molecule has 1 heterocycles. The second-order valence-corrected chi connectivity index (χ2v) is 8.19. The predicted molar refractivity (Wildman–Crippen MR) is 77.0 cm³/mol. The van der Waals surface area contributed by atoms with Crippen LogP contribution < -0.4 is 4.72 Å². The summed E-state index contributed by atoms with van der Waals surface area (Å²) in [5.74, 6) is 0.443. The molecule has 114 valence electrons. The van der Waals surface area contributed by atoms with Crippen molar-refractivity contribution >= 4 is 10.2 Å². The summed E-state index contributed by atoms with van der Waals surface area (Å²) in [6, 6.07) is 0. The molecule has 1 rings (SSSR count). The van der Waals surface area contributed by atoms with E-state index in [1.807, 2.05) is 13.8 Å². The van der Waals surface area contributed by atoms with Crippen LogP contribution in [0.3, 0.4) is 0 Å². The molecule has 1 atom stereocenters. The van der Waals surface area contributed by atoms with Gasteiger partial charge in [0, 0.05) is 26.2 Å². The minimum Gasteiger partial charge on any atom is -0.396 e. The van der Waals surface area contributed by atoms with Crippen LogP contribution in [0.25, 0.3) is 0 Å². The van der Waals surface area contributed by atoms with Crippen molar-refractivity contribution in [2.75, 3.05) is 26.2 Å². The predicted octanol–water partition coefficient (Wildman–Crippen LogP) is 1.35. The lowest BCUT2D eigenvalue weighted by atomic mass is 9.89. The molecular weight excluding hydrogens is 264 g/mol. The number of aliphatic hydroxyl groups is 1. The minimum absolute atomic E-state index is 0.128. The molecule has 19 heavy (non-hydrogen) atoms. The van der Waals surface area contributed by atoms with Crippen LogP contribution in [0, 0.1) is 11.3 Å². The summed E-state index contributed by atoms with van der Waals surface area (Å²) in [6.07, 6.45) is 3.61. The highest BCUT2D eigenvalue weighted by Gasteiger charge is 2.26. The van der Waals surface area contributed by atoms with Crippen LogP contribution in [0.15, 0.2) is 0 Å². The Morgan fingerprint density at radius 1 is 1.42 bits per heavy atom. The van der Waals surface area contributed by atoms with Gasteiger partial charge in [-0.25, -0.2) is 4.72 Å². The van der Waals surface area contributed by atoms with E-state index < -0.39 is 10.2 Å². The monoisotopic (exact) mass is 292 g/mol. The van der Waals surface area contributed by atoms with Gasteiger partial charge in [0.25, 0.3) is 10.2 Å². The van der Waals surface area contributed by atoms with Crippen LogP contribution in [-0.4, -0.2) is 44.1 Å². The Balaban J connectivity index is 2.35.